The Kier molecular flexibility index (Phi) is 4.47. The molecule has 0 bridgehead atoms. The molecule has 1 N–H and O–H groups in total. The summed E-state index contributed by atoms with van der Waals surface area (Å²) in [7, 11) is -2.42. The fourth-order valence-corrected chi connectivity index (χ4v) is 3.86. The van der Waals surface area contributed by atoms with Gasteiger partial charge in [0.1, 0.15) is 10.6 Å². The van der Waals surface area contributed by atoms with Crippen molar-refractivity contribution in [3.63, 3.8) is 0 Å². The fraction of sp³-hybridized carbons (Fsp3) is 0.250. The number of aromatic nitrogens is 1. The number of benzene rings is 1. The molecule has 2 aromatic rings. The Hall–Kier alpha value is -2.12. The highest BCUT2D eigenvalue weighted by molar-refractivity contribution is 7.90. The second-order valence-corrected chi connectivity index (χ2v) is 7.62. The van der Waals surface area contributed by atoms with Crippen LogP contribution in [-0.2, 0) is 14.8 Å². The number of para-hydroxylation sites is 1. The van der Waals surface area contributed by atoms with E-state index in [0.717, 1.165) is 11.8 Å². The fourth-order valence-electron chi connectivity index (χ4n) is 2.61. The molecule has 1 fully saturated rings. The van der Waals surface area contributed by atoms with Gasteiger partial charge >= 0.3 is 0 Å². The van der Waals surface area contributed by atoms with E-state index in [1.165, 1.54) is 12.3 Å². The molecule has 0 radical (unpaired) electrons. The first-order valence-electron chi connectivity index (χ1n) is 7.22. The van der Waals surface area contributed by atoms with Crippen LogP contribution in [-0.4, -0.2) is 26.4 Å². The topological polar surface area (TPSA) is 85.4 Å². The molecule has 6 nitrogen and oxygen atoms in total. The summed E-state index contributed by atoms with van der Waals surface area (Å²) in [6.45, 7) is 0. The molecule has 1 aliphatic carbocycles. The predicted octanol–water partition coefficient (Wildman–Crippen LogP) is 2.35. The number of ether oxygens (including phenoxy) is 1. The number of nitrogens with zero attached hydrogens (tertiary/aromatic N) is 1. The van der Waals surface area contributed by atoms with Gasteiger partial charge in [-0.2, -0.15) is 0 Å². The third kappa shape index (κ3) is 3.37. The third-order valence-electron chi connectivity index (χ3n) is 3.89. The lowest BCUT2D eigenvalue weighted by atomic mass is 10.1. The van der Waals surface area contributed by atoms with E-state index in [0.29, 0.717) is 12.2 Å². The number of rotatable bonds is 5. The van der Waals surface area contributed by atoms with Gasteiger partial charge in [-0.3, -0.25) is 9.78 Å². The van der Waals surface area contributed by atoms with Crippen molar-refractivity contribution < 1.29 is 17.9 Å². The lowest BCUT2D eigenvalue weighted by molar-refractivity contribution is -0.120. The van der Waals surface area contributed by atoms with Crippen LogP contribution < -0.4 is 9.46 Å². The largest absolute Gasteiger partial charge is 0.496 e. The average Bonchev–Trinajstić information content (AvgIpc) is 3.35. The molecule has 1 aromatic heterocycles. The van der Waals surface area contributed by atoms with Crippen LogP contribution in [0.5, 0.6) is 5.75 Å². The van der Waals surface area contributed by atoms with Gasteiger partial charge in [0, 0.05) is 18.3 Å². The minimum Gasteiger partial charge on any atom is -0.496 e. The standard InChI is InChI=1S/C16H15ClN2O4S/c1-23-15-5-3-2-4-12(15)13-7-14(13)16(20)19-24(21,22)11-6-10(17)8-18-9-11/h2-6,8-9,13-14H,7H2,1H3,(H,19,20)/t13-,14-/m0/s1. The first-order valence-corrected chi connectivity index (χ1v) is 9.08. The molecule has 0 spiro atoms. The Morgan fingerprint density at radius 2 is 2.08 bits per heavy atom. The Labute approximate surface area is 144 Å². The summed E-state index contributed by atoms with van der Waals surface area (Å²) in [6, 6.07) is 8.65. The van der Waals surface area contributed by atoms with Crippen molar-refractivity contribution in [3.8, 4) is 5.75 Å². The zero-order valence-corrected chi connectivity index (χ0v) is 14.3. The molecule has 0 saturated heterocycles. The van der Waals surface area contributed by atoms with Gasteiger partial charge < -0.3 is 4.74 Å². The van der Waals surface area contributed by atoms with E-state index in [2.05, 4.69) is 9.71 Å². The number of methoxy groups -OCH3 is 1. The van der Waals surface area contributed by atoms with E-state index < -0.39 is 21.8 Å². The highest BCUT2D eigenvalue weighted by atomic mass is 35.5. The number of hydrogen-bond acceptors (Lipinski definition) is 5. The molecule has 0 unspecified atom stereocenters. The van der Waals surface area contributed by atoms with Gasteiger partial charge in [0.2, 0.25) is 5.91 Å². The van der Waals surface area contributed by atoms with Gasteiger partial charge in [0.15, 0.2) is 0 Å². The molecular formula is C16H15ClN2O4S. The summed E-state index contributed by atoms with van der Waals surface area (Å²) in [5.41, 5.74) is 0.905. The lowest BCUT2D eigenvalue weighted by Gasteiger charge is -2.09. The molecule has 1 heterocycles. The van der Waals surface area contributed by atoms with Crippen LogP contribution in [0.1, 0.15) is 17.9 Å². The highest BCUT2D eigenvalue weighted by Crippen LogP contribution is 2.50. The quantitative estimate of drug-likeness (QED) is 0.877. The first kappa shape index (κ1) is 16.7. The second-order valence-electron chi connectivity index (χ2n) is 5.50. The monoisotopic (exact) mass is 366 g/mol. The van der Waals surface area contributed by atoms with Crippen LogP contribution in [0.4, 0.5) is 0 Å². The lowest BCUT2D eigenvalue weighted by Crippen LogP contribution is -2.32. The van der Waals surface area contributed by atoms with Crippen LogP contribution in [0.25, 0.3) is 0 Å². The molecule has 1 aromatic carbocycles. The highest BCUT2D eigenvalue weighted by Gasteiger charge is 2.46. The molecule has 3 rings (SSSR count). The van der Waals surface area contributed by atoms with E-state index in [4.69, 9.17) is 16.3 Å². The summed E-state index contributed by atoms with van der Waals surface area (Å²) >= 11 is 5.75. The molecule has 24 heavy (non-hydrogen) atoms. The van der Waals surface area contributed by atoms with Gasteiger partial charge in [-0.1, -0.05) is 29.8 Å². The van der Waals surface area contributed by atoms with Crippen molar-refractivity contribution in [2.45, 2.75) is 17.2 Å². The van der Waals surface area contributed by atoms with Gasteiger partial charge in [0.25, 0.3) is 10.0 Å². The minimum atomic E-state index is -3.99. The average molecular weight is 367 g/mol. The summed E-state index contributed by atoms with van der Waals surface area (Å²) in [4.78, 5) is 15.9. The van der Waals surface area contributed by atoms with E-state index in [9.17, 15) is 13.2 Å². The minimum absolute atomic E-state index is 0.0474. The smallest absolute Gasteiger partial charge is 0.265 e. The molecular weight excluding hydrogens is 352 g/mol. The van der Waals surface area contributed by atoms with Crippen molar-refractivity contribution in [1.29, 1.82) is 0 Å². The summed E-state index contributed by atoms with van der Waals surface area (Å²) in [6.07, 6.45) is 3.04. The van der Waals surface area contributed by atoms with Crippen molar-refractivity contribution >= 4 is 27.5 Å². The van der Waals surface area contributed by atoms with Crippen molar-refractivity contribution in [3.05, 3.63) is 53.3 Å². The summed E-state index contributed by atoms with van der Waals surface area (Å²) < 4.78 is 31.9. The Morgan fingerprint density at radius 3 is 2.79 bits per heavy atom. The van der Waals surface area contributed by atoms with Gasteiger partial charge in [-0.15, -0.1) is 0 Å². The summed E-state index contributed by atoms with van der Waals surface area (Å²) in [5.74, 6) is -0.289. The molecule has 8 heteroatoms. The Morgan fingerprint density at radius 1 is 1.33 bits per heavy atom. The van der Waals surface area contributed by atoms with Crippen LogP contribution in [0, 0.1) is 5.92 Å². The molecule has 1 aliphatic rings. The number of nitrogens with one attached hydrogen (secondary N) is 1. The number of hydrogen-bond donors (Lipinski definition) is 1. The maximum Gasteiger partial charge on any atom is 0.265 e. The number of amides is 1. The van der Waals surface area contributed by atoms with Gasteiger partial charge in [0.05, 0.1) is 12.1 Å². The van der Waals surface area contributed by atoms with Crippen molar-refractivity contribution in [2.24, 2.45) is 5.92 Å². The Bertz CT molecular complexity index is 885. The van der Waals surface area contributed by atoms with E-state index in [-0.39, 0.29) is 15.8 Å². The zero-order chi connectivity index (χ0) is 17.3. The van der Waals surface area contributed by atoms with Crippen LogP contribution in [0.15, 0.2) is 47.6 Å². The molecule has 1 saturated carbocycles. The first-order chi connectivity index (χ1) is 11.4. The Balaban J connectivity index is 1.73. The summed E-state index contributed by atoms with van der Waals surface area (Å²) in [5, 5.41) is 0.184. The molecule has 126 valence electrons. The number of carbonyl (C=O) groups is 1. The van der Waals surface area contributed by atoms with Crippen molar-refractivity contribution in [1.82, 2.24) is 9.71 Å². The SMILES string of the molecule is COc1ccccc1[C@@H]1C[C@@H]1C(=O)NS(=O)(=O)c1cncc(Cl)c1. The van der Waals surface area contributed by atoms with Gasteiger partial charge in [-0.25, -0.2) is 13.1 Å². The van der Waals surface area contributed by atoms with Crippen molar-refractivity contribution in [2.75, 3.05) is 7.11 Å². The molecule has 1 amide bonds. The van der Waals surface area contributed by atoms with Gasteiger partial charge in [-0.05, 0) is 30.0 Å². The maximum absolute atomic E-state index is 12.3. The van der Waals surface area contributed by atoms with Crippen LogP contribution in [0.3, 0.4) is 0 Å². The van der Waals surface area contributed by atoms with E-state index in [1.807, 2.05) is 24.3 Å². The van der Waals surface area contributed by atoms with Crippen LogP contribution >= 0.6 is 11.6 Å². The van der Waals surface area contributed by atoms with Crippen LogP contribution in [0.2, 0.25) is 5.02 Å². The second kappa shape index (κ2) is 6.41. The maximum atomic E-state index is 12.3. The van der Waals surface area contributed by atoms with E-state index >= 15 is 0 Å². The number of sulfonamides is 1. The third-order valence-corrected chi connectivity index (χ3v) is 5.41. The van der Waals surface area contributed by atoms with E-state index in [1.54, 1.807) is 7.11 Å². The number of pyridine rings is 1. The molecule has 0 aliphatic heterocycles. The normalized spacial score (nSPS) is 19.6. The number of carbonyl (C=O) groups excluding carboxylic acids is 1. The zero-order valence-electron chi connectivity index (χ0n) is 12.8. The molecule has 2 atom stereocenters. The predicted molar refractivity (Wildman–Crippen MR) is 88.4 cm³/mol. The number of halogens is 1.